The Labute approximate surface area is 181 Å². The van der Waals surface area contributed by atoms with E-state index in [4.69, 9.17) is 10.5 Å². The molecule has 0 radical (unpaired) electrons. The first-order chi connectivity index (χ1) is 14.9. The zero-order valence-corrected chi connectivity index (χ0v) is 17.9. The molecule has 1 aromatic heterocycles. The second kappa shape index (κ2) is 10.2. The number of nitrogen functional groups attached to an aromatic ring is 1. The van der Waals surface area contributed by atoms with Gasteiger partial charge in [-0.1, -0.05) is 24.3 Å². The second-order valence-electron chi connectivity index (χ2n) is 7.55. The molecule has 1 fully saturated rings. The van der Waals surface area contributed by atoms with Gasteiger partial charge in [-0.25, -0.2) is 9.97 Å². The van der Waals surface area contributed by atoms with Crippen molar-refractivity contribution in [3.63, 3.8) is 0 Å². The van der Waals surface area contributed by atoms with Crippen molar-refractivity contribution in [2.24, 2.45) is 0 Å². The number of nitrogens with two attached hydrogens (primary N) is 1. The Morgan fingerprint density at radius 2 is 1.87 bits per heavy atom. The average Bonchev–Trinajstić information content (AvgIpc) is 3.21. The predicted molar refractivity (Wildman–Crippen MR) is 116 cm³/mol. The summed E-state index contributed by atoms with van der Waals surface area (Å²) < 4.78 is 5.06. The van der Waals surface area contributed by atoms with Crippen molar-refractivity contribution in [1.29, 1.82) is 0 Å². The summed E-state index contributed by atoms with van der Waals surface area (Å²) >= 11 is 0. The van der Waals surface area contributed by atoms with Gasteiger partial charge in [-0.05, 0) is 50.9 Å². The molecule has 1 aliphatic rings. The predicted octanol–water partition coefficient (Wildman–Crippen LogP) is 2.44. The fraction of sp³-hybridized carbons (Fsp3) is 0.476. The highest BCUT2D eigenvalue weighted by atomic mass is 16.6. The molecule has 166 valence electrons. The minimum atomic E-state index is -0.624. The Bertz CT molecular complexity index is 928. The lowest BCUT2D eigenvalue weighted by molar-refractivity contribution is -0.383. The topological polar surface area (TPSA) is 128 Å². The van der Waals surface area contributed by atoms with Gasteiger partial charge in [-0.15, -0.1) is 0 Å². The van der Waals surface area contributed by atoms with Crippen molar-refractivity contribution in [1.82, 2.24) is 14.9 Å². The van der Waals surface area contributed by atoms with Gasteiger partial charge in [0.25, 0.3) is 0 Å². The fourth-order valence-corrected chi connectivity index (χ4v) is 3.71. The van der Waals surface area contributed by atoms with E-state index in [-0.39, 0.29) is 37.2 Å². The normalized spacial score (nSPS) is 13.9. The van der Waals surface area contributed by atoms with Crippen LogP contribution >= 0.6 is 0 Å². The molecule has 2 N–H and O–H groups in total. The number of rotatable bonds is 9. The van der Waals surface area contributed by atoms with E-state index in [0.717, 1.165) is 25.2 Å². The van der Waals surface area contributed by atoms with Crippen molar-refractivity contribution in [2.45, 2.75) is 39.8 Å². The highest BCUT2D eigenvalue weighted by molar-refractivity contribution is 5.78. The summed E-state index contributed by atoms with van der Waals surface area (Å²) in [5.74, 6) is -0.447. The van der Waals surface area contributed by atoms with Gasteiger partial charge in [0.05, 0.1) is 11.5 Å². The molecule has 1 saturated heterocycles. The van der Waals surface area contributed by atoms with Crippen LogP contribution in [0, 0.1) is 17.0 Å². The van der Waals surface area contributed by atoms with E-state index in [9.17, 15) is 14.9 Å². The maximum Gasteiger partial charge on any atom is 0.353 e. The average molecular weight is 428 g/mol. The molecule has 3 rings (SSSR count). The minimum absolute atomic E-state index is 0.00389. The molecule has 2 heterocycles. The van der Waals surface area contributed by atoms with Gasteiger partial charge in [-0.3, -0.25) is 19.8 Å². The molecule has 1 aromatic carbocycles. The lowest BCUT2D eigenvalue weighted by Gasteiger charge is -2.23. The summed E-state index contributed by atoms with van der Waals surface area (Å²) in [5, 5.41) is 11.6. The standard InChI is InChI=1S/C21H28N6O4/c1-3-31-18(28)14-26(21-19(27(29)30)20(22)23-15(2)24-21)13-17-8-6-16(7-9-17)12-25-10-4-5-11-25/h6-9H,3-5,10-14H2,1-2H3,(H2,22,23,24). The maximum atomic E-state index is 12.2. The lowest BCUT2D eigenvalue weighted by atomic mass is 10.1. The van der Waals surface area contributed by atoms with Crippen LogP contribution in [-0.2, 0) is 22.6 Å². The van der Waals surface area contributed by atoms with Crippen LogP contribution in [0.15, 0.2) is 24.3 Å². The van der Waals surface area contributed by atoms with E-state index < -0.39 is 16.6 Å². The van der Waals surface area contributed by atoms with E-state index in [1.165, 1.54) is 23.3 Å². The number of carbonyl (C=O) groups is 1. The largest absolute Gasteiger partial charge is 0.465 e. The van der Waals surface area contributed by atoms with Crippen LogP contribution in [0.2, 0.25) is 0 Å². The highest BCUT2D eigenvalue weighted by Gasteiger charge is 2.28. The summed E-state index contributed by atoms with van der Waals surface area (Å²) in [7, 11) is 0. The molecule has 2 aromatic rings. The van der Waals surface area contributed by atoms with Crippen LogP contribution in [-0.4, -0.2) is 52.0 Å². The Balaban J connectivity index is 1.86. The SMILES string of the molecule is CCOC(=O)CN(Cc1ccc(CN2CCCC2)cc1)c1nc(C)nc(N)c1[N+](=O)[O-]. The summed E-state index contributed by atoms with van der Waals surface area (Å²) in [5.41, 5.74) is 7.48. The molecule has 10 nitrogen and oxygen atoms in total. The Kier molecular flexibility index (Phi) is 7.35. The number of hydrogen-bond donors (Lipinski definition) is 1. The summed E-state index contributed by atoms with van der Waals surface area (Å²) in [6.45, 7) is 6.70. The molecule has 10 heteroatoms. The first kappa shape index (κ1) is 22.4. The number of likely N-dealkylation sites (tertiary alicyclic amines) is 1. The van der Waals surface area contributed by atoms with Gasteiger partial charge >= 0.3 is 11.7 Å². The number of aryl methyl sites for hydroxylation is 1. The van der Waals surface area contributed by atoms with Crippen molar-refractivity contribution in [2.75, 3.05) is 36.9 Å². The number of nitro groups is 1. The lowest BCUT2D eigenvalue weighted by Crippen LogP contribution is -2.32. The van der Waals surface area contributed by atoms with Crippen LogP contribution in [0.5, 0.6) is 0 Å². The van der Waals surface area contributed by atoms with E-state index in [0.29, 0.717) is 0 Å². The molecule has 0 amide bonds. The molecule has 0 spiro atoms. The summed E-state index contributed by atoms with van der Waals surface area (Å²) in [4.78, 5) is 35.3. The zero-order chi connectivity index (χ0) is 22.4. The van der Waals surface area contributed by atoms with Crippen LogP contribution in [0.3, 0.4) is 0 Å². The third-order valence-electron chi connectivity index (χ3n) is 5.11. The van der Waals surface area contributed by atoms with Gasteiger partial charge in [0.2, 0.25) is 11.6 Å². The molecular formula is C21H28N6O4. The number of anilines is 2. The number of ether oxygens (including phenoxy) is 1. The van der Waals surface area contributed by atoms with Crippen LogP contribution in [0.1, 0.15) is 36.7 Å². The van der Waals surface area contributed by atoms with Crippen molar-refractivity contribution >= 4 is 23.3 Å². The van der Waals surface area contributed by atoms with Crippen molar-refractivity contribution < 1.29 is 14.5 Å². The monoisotopic (exact) mass is 428 g/mol. The number of benzene rings is 1. The van der Waals surface area contributed by atoms with E-state index in [1.54, 1.807) is 13.8 Å². The Morgan fingerprint density at radius 1 is 1.23 bits per heavy atom. The quantitative estimate of drug-likeness (QED) is 0.364. The first-order valence-electron chi connectivity index (χ1n) is 10.4. The molecule has 31 heavy (non-hydrogen) atoms. The van der Waals surface area contributed by atoms with Gasteiger partial charge in [-0.2, -0.15) is 0 Å². The maximum absolute atomic E-state index is 12.2. The second-order valence-corrected chi connectivity index (χ2v) is 7.55. The zero-order valence-electron chi connectivity index (χ0n) is 17.9. The minimum Gasteiger partial charge on any atom is -0.465 e. The van der Waals surface area contributed by atoms with Crippen LogP contribution < -0.4 is 10.6 Å². The fourth-order valence-electron chi connectivity index (χ4n) is 3.71. The molecule has 0 atom stereocenters. The van der Waals surface area contributed by atoms with Crippen LogP contribution in [0.4, 0.5) is 17.3 Å². The number of carbonyl (C=O) groups excluding carboxylic acids is 1. The van der Waals surface area contributed by atoms with Gasteiger partial charge in [0.15, 0.2) is 0 Å². The number of aromatic nitrogens is 2. The molecule has 0 bridgehead atoms. The number of hydrogen-bond acceptors (Lipinski definition) is 9. The number of nitrogens with zero attached hydrogens (tertiary/aromatic N) is 5. The van der Waals surface area contributed by atoms with Crippen molar-refractivity contribution in [3.8, 4) is 0 Å². The molecule has 0 unspecified atom stereocenters. The van der Waals surface area contributed by atoms with Gasteiger partial charge in [0, 0.05) is 13.1 Å². The Hall–Kier alpha value is -3.27. The third kappa shape index (κ3) is 5.88. The molecule has 0 aliphatic carbocycles. The number of esters is 1. The van der Waals surface area contributed by atoms with Crippen LogP contribution in [0.25, 0.3) is 0 Å². The first-order valence-corrected chi connectivity index (χ1v) is 10.4. The van der Waals surface area contributed by atoms with E-state index in [1.807, 2.05) is 24.3 Å². The van der Waals surface area contributed by atoms with Gasteiger partial charge < -0.3 is 15.4 Å². The summed E-state index contributed by atoms with van der Waals surface area (Å²) in [6, 6.07) is 8.02. The molecular weight excluding hydrogens is 400 g/mol. The smallest absolute Gasteiger partial charge is 0.353 e. The van der Waals surface area contributed by atoms with E-state index in [2.05, 4.69) is 14.9 Å². The van der Waals surface area contributed by atoms with Gasteiger partial charge in [0.1, 0.15) is 12.4 Å². The summed E-state index contributed by atoms with van der Waals surface area (Å²) in [6.07, 6.45) is 2.47. The highest BCUT2D eigenvalue weighted by Crippen LogP contribution is 2.31. The van der Waals surface area contributed by atoms with Crippen molar-refractivity contribution in [3.05, 3.63) is 51.3 Å². The molecule has 1 aliphatic heterocycles. The third-order valence-corrected chi connectivity index (χ3v) is 5.11. The van der Waals surface area contributed by atoms with E-state index >= 15 is 0 Å². The Morgan fingerprint density at radius 3 is 2.48 bits per heavy atom. The molecule has 0 saturated carbocycles.